The van der Waals surface area contributed by atoms with E-state index in [9.17, 15) is 0 Å². The molecule has 3 atom stereocenters. The topological polar surface area (TPSA) is 12.5 Å². The maximum Gasteiger partial charge on any atom is 0.110 e. The van der Waals surface area contributed by atoms with Crippen molar-refractivity contribution >= 4 is 0 Å². The summed E-state index contributed by atoms with van der Waals surface area (Å²) in [5.41, 5.74) is 2.92. The molecule has 1 nitrogen and oxygen atoms in total. The van der Waals surface area contributed by atoms with Gasteiger partial charge in [-0.15, -0.1) is 0 Å². The van der Waals surface area contributed by atoms with Crippen LogP contribution in [-0.4, -0.2) is 6.10 Å². The van der Waals surface area contributed by atoms with Crippen LogP contribution in [0.15, 0.2) is 24.3 Å². The van der Waals surface area contributed by atoms with Gasteiger partial charge in [0, 0.05) is 5.92 Å². The summed E-state index contributed by atoms with van der Waals surface area (Å²) in [7, 11) is 0. The van der Waals surface area contributed by atoms with Gasteiger partial charge in [0.05, 0.1) is 6.10 Å². The van der Waals surface area contributed by atoms with Crippen LogP contribution >= 0.6 is 0 Å². The molecule has 0 bridgehead atoms. The predicted molar refractivity (Wildman–Crippen MR) is 42.5 cm³/mol. The Hall–Kier alpha value is -0.820. The highest BCUT2D eigenvalue weighted by molar-refractivity contribution is 5.42. The quantitative estimate of drug-likeness (QED) is 0.511. The van der Waals surface area contributed by atoms with E-state index in [-0.39, 0.29) is 0 Å². The van der Waals surface area contributed by atoms with Crippen molar-refractivity contribution in [3.63, 3.8) is 0 Å². The molecule has 0 saturated carbocycles. The Labute approximate surface area is 66.0 Å². The molecule has 1 saturated heterocycles. The van der Waals surface area contributed by atoms with E-state index in [1.54, 1.807) is 0 Å². The molecular weight excluding hydrogens is 136 g/mol. The van der Waals surface area contributed by atoms with Crippen molar-refractivity contribution in [1.29, 1.82) is 0 Å². The van der Waals surface area contributed by atoms with Gasteiger partial charge in [0.2, 0.25) is 0 Å². The molecule has 0 spiro atoms. The van der Waals surface area contributed by atoms with Gasteiger partial charge in [-0.1, -0.05) is 31.2 Å². The minimum Gasteiger partial charge on any atom is -0.364 e. The van der Waals surface area contributed by atoms with Gasteiger partial charge in [0.15, 0.2) is 0 Å². The Morgan fingerprint density at radius 3 is 2.64 bits per heavy atom. The van der Waals surface area contributed by atoms with Crippen molar-refractivity contribution in [2.45, 2.75) is 25.0 Å². The first-order chi connectivity index (χ1) is 5.38. The van der Waals surface area contributed by atoms with Crippen molar-refractivity contribution in [2.75, 3.05) is 0 Å². The average Bonchev–Trinajstić information content (AvgIpc) is 2.78. The fourth-order valence-electron chi connectivity index (χ4n) is 2.12. The summed E-state index contributed by atoms with van der Waals surface area (Å²) in [5.74, 6) is 0.621. The molecule has 1 aromatic rings. The van der Waals surface area contributed by atoms with Crippen molar-refractivity contribution in [3.8, 4) is 0 Å². The van der Waals surface area contributed by atoms with Crippen molar-refractivity contribution in [1.82, 2.24) is 0 Å². The molecule has 0 aromatic heterocycles. The first-order valence-corrected chi connectivity index (χ1v) is 4.12. The molecular formula is C10H10O. The SMILES string of the molecule is C[C@@H]1c2ccccc2[C@@H]2O[C@H]12. The summed E-state index contributed by atoms with van der Waals surface area (Å²) in [6, 6.07) is 8.61. The van der Waals surface area contributed by atoms with Crippen LogP contribution in [0, 0.1) is 0 Å². The van der Waals surface area contributed by atoms with Gasteiger partial charge in [-0.2, -0.15) is 0 Å². The summed E-state index contributed by atoms with van der Waals surface area (Å²) in [4.78, 5) is 0. The first-order valence-electron chi connectivity index (χ1n) is 4.12. The smallest absolute Gasteiger partial charge is 0.110 e. The van der Waals surface area contributed by atoms with Gasteiger partial charge in [-0.3, -0.25) is 0 Å². The number of ether oxygens (including phenoxy) is 1. The van der Waals surface area contributed by atoms with Crippen LogP contribution in [0.2, 0.25) is 0 Å². The Balaban J connectivity index is 2.22. The normalized spacial score (nSPS) is 38.1. The van der Waals surface area contributed by atoms with Crippen LogP contribution in [0.5, 0.6) is 0 Å². The zero-order valence-electron chi connectivity index (χ0n) is 6.45. The van der Waals surface area contributed by atoms with Crippen LogP contribution in [0.3, 0.4) is 0 Å². The highest BCUT2D eigenvalue weighted by atomic mass is 16.6. The first kappa shape index (κ1) is 5.78. The second-order valence-corrected chi connectivity index (χ2v) is 3.44. The molecule has 11 heavy (non-hydrogen) atoms. The third-order valence-corrected chi connectivity index (χ3v) is 2.81. The lowest BCUT2D eigenvalue weighted by Crippen LogP contribution is -1.95. The number of benzene rings is 1. The summed E-state index contributed by atoms with van der Waals surface area (Å²) < 4.78 is 5.49. The third kappa shape index (κ3) is 0.596. The Bertz CT molecular complexity index is 290. The Morgan fingerprint density at radius 1 is 1.18 bits per heavy atom. The highest BCUT2D eigenvalue weighted by Crippen LogP contribution is 2.55. The molecule has 2 aliphatic rings. The van der Waals surface area contributed by atoms with Crippen molar-refractivity contribution in [2.24, 2.45) is 0 Å². The van der Waals surface area contributed by atoms with E-state index in [4.69, 9.17) is 4.74 Å². The Kier molecular flexibility index (Phi) is 0.878. The summed E-state index contributed by atoms with van der Waals surface area (Å²) >= 11 is 0. The number of fused-ring (bicyclic) bond motifs is 3. The lowest BCUT2D eigenvalue weighted by molar-refractivity contribution is 0.341. The molecule has 0 amide bonds. The molecule has 56 valence electrons. The van der Waals surface area contributed by atoms with Crippen LogP contribution in [-0.2, 0) is 4.74 Å². The summed E-state index contributed by atoms with van der Waals surface area (Å²) in [5, 5.41) is 0. The summed E-state index contributed by atoms with van der Waals surface area (Å²) in [6.45, 7) is 2.25. The molecule has 1 heterocycles. The highest BCUT2D eigenvalue weighted by Gasteiger charge is 2.51. The zero-order chi connectivity index (χ0) is 7.42. The molecule has 0 N–H and O–H groups in total. The molecule has 1 fully saturated rings. The number of hydrogen-bond acceptors (Lipinski definition) is 1. The molecule has 3 rings (SSSR count). The number of hydrogen-bond donors (Lipinski definition) is 0. The molecule has 1 heteroatoms. The monoisotopic (exact) mass is 146 g/mol. The van der Waals surface area contributed by atoms with E-state index in [0.717, 1.165) is 0 Å². The fraction of sp³-hybridized carbons (Fsp3) is 0.400. The average molecular weight is 146 g/mol. The lowest BCUT2D eigenvalue weighted by Gasteiger charge is -2.06. The minimum absolute atomic E-state index is 0.446. The van der Waals surface area contributed by atoms with Gasteiger partial charge < -0.3 is 4.74 Å². The molecule has 1 aliphatic heterocycles. The maximum atomic E-state index is 5.49. The van der Waals surface area contributed by atoms with E-state index in [2.05, 4.69) is 31.2 Å². The van der Waals surface area contributed by atoms with Crippen LogP contribution < -0.4 is 0 Å². The van der Waals surface area contributed by atoms with Gasteiger partial charge in [0.25, 0.3) is 0 Å². The predicted octanol–water partition coefficient (Wildman–Crippen LogP) is 2.24. The molecule has 0 unspecified atom stereocenters. The molecule has 1 aromatic carbocycles. The van der Waals surface area contributed by atoms with Crippen molar-refractivity contribution in [3.05, 3.63) is 35.4 Å². The third-order valence-electron chi connectivity index (χ3n) is 2.81. The van der Waals surface area contributed by atoms with Gasteiger partial charge in [-0.05, 0) is 11.1 Å². The Morgan fingerprint density at radius 2 is 1.91 bits per heavy atom. The molecule has 1 aliphatic carbocycles. The minimum atomic E-state index is 0.446. The zero-order valence-corrected chi connectivity index (χ0v) is 6.45. The maximum absolute atomic E-state index is 5.49. The van der Waals surface area contributed by atoms with E-state index < -0.39 is 0 Å². The van der Waals surface area contributed by atoms with E-state index >= 15 is 0 Å². The summed E-state index contributed by atoms with van der Waals surface area (Å²) in [6.07, 6.45) is 0.952. The van der Waals surface area contributed by atoms with E-state index in [1.807, 2.05) is 0 Å². The van der Waals surface area contributed by atoms with Gasteiger partial charge in [0.1, 0.15) is 6.10 Å². The number of rotatable bonds is 0. The van der Waals surface area contributed by atoms with Crippen LogP contribution in [0.1, 0.15) is 30.1 Å². The fourth-order valence-corrected chi connectivity index (χ4v) is 2.12. The second-order valence-electron chi connectivity index (χ2n) is 3.44. The second kappa shape index (κ2) is 1.67. The standard InChI is InChI=1S/C10H10O/c1-6-7-4-2-3-5-8(7)10-9(6)11-10/h2-6,9-10H,1H3/t6-,9-,10+/m1/s1. The molecule has 0 radical (unpaired) electrons. The van der Waals surface area contributed by atoms with Gasteiger partial charge in [-0.25, -0.2) is 0 Å². The lowest BCUT2D eigenvalue weighted by atomic mass is 10.0. The largest absolute Gasteiger partial charge is 0.364 e. The van der Waals surface area contributed by atoms with Crippen LogP contribution in [0.4, 0.5) is 0 Å². The van der Waals surface area contributed by atoms with E-state index in [1.165, 1.54) is 11.1 Å². The van der Waals surface area contributed by atoms with Gasteiger partial charge >= 0.3 is 0 Å². The number of epoxide rings is 1. The van der Waals surface area contributed by atoms with Crippen LogP contribution in [0.25, 0.3) is 0 Å². The van der Waals surface area contributed by atoms with E-state index in [0.29, 0.717) is 18.1 Å². The van der Waals surface area contributed by atoms with Crippen molar-refractivity contribution < 1.29 is 4.74 Å².